The number of carbonyl (C=O) groups excluding carboxylic acids is 3. The first-order valence-corrected chi connectivity index (χ1v) is 10.5. The van der Waals surface area contributed by atoms with E-state index in [1.54, 1.807) is 31.2 Å². The molecule has 1 atom stereocenters. The normalized spacial score (nSPS) is 19.3. The molecular formula is C20H22N4O5S. The standard InChI is InChI=1S/C20H22N4O5S/c1-20(15-8-5-7-14(11-15)17(21)25)18(26)24(19(27)22-20)12-13-6-4-9-16(10-13)30(28,29)23(2)3/h4-11H,12H2,1-3H3,(H2,21,25)(H,22,27). The number of amides is 4. The van der Waals surface area contributed by atoms with Gasteiger partial charge in [-0.25, -0.2) is 17.5 Å². The Morgan fingerprint density at radius 3 is 2.43 bits per heavy atom. The summed E-state index contributed by atoms with van der Waals surface area (Å²) < 4.78 is 25.8. The summed E-state index contributed by atoms with van der Waals surface area (Å²) in [5.41, 5.74) is 5.05. The zero-order valence-corrected chi connectivity index (χ0v) is 17.6. The van der Waals surface area contributed by atoms with Gasteiger partial charge in [-0.05, 0) is 42.3 Å². The molecule has 10 heteroatoms. The first-order valence-electron chi connectivity index (χ1n) is 9.03. The zero-order valence-electron chi connectivity index (χ0n) is 16.7. The van der Waals surface area contributed by atoms with Crippen molar-refractivity contribution >= 4 is 27.9 Å². The molecule has 30 heavy (non-hydrogen) atoms. The third-order valence-electron chi connectivity index (χ3n) is 5.02. The molecule has 0 radical (unpaired) electrons. The number of nitrogens with two attached hydrogens (primary N) is 1. The summed E-state index contributed by atoms with van der Waals surface area (Å²) in [5, 5.41) is 2.65. The van der Waals surface area contributed by atoms with Crippen LogP contribution in [-0.4, -0.2) is 49.6 Å². The van der Waals surface area contributed by atoms with Crippen molar-refractivity contribution < 1.29 is 22.8 Å². The molecule has 1 fully saturated rings. The third kappa shape index (κ3) is 3.66. The summed E-state index contributed by atoms with van der Waals surface area (Å²) in [6, 6.07) is 11.6. The number of nitrogens with zero attached hydrogens (tertiary/aromatic N) is 2. The first-order chi connectivity index (χ1) is 14.0. The average molecular weight is 430 g/mol. The number of hydrogen-bond donors (Lipinski definition) is 2. The highest BCUT2D eigenvalue weighted by molar-refractivity contribution is 7.89. The van der Waals surface area contributed by atoms with E-state index in [-0.39, 0.29) is 17.0 Å². The van der Waals surface area contributed by atoms with E-state index in [9.17, 15) is 22.8 Å². The highest BCUT2D eigenvalue weighted by Gasteiger charge is 2.49. The zero-order chi connectivity index (χ0) is 22.3. The summed E-state index contributed by atoms with van der Waals surface area (Å²) in [6.07, 6.45) is 0. The Morgan fingerprint density at radius 2 is 1.80 bits per heavy atom. The lowest BCUT2D eigenvalue weighted by Crippen LogP contribution is -2.41. The van der Waals surface area contributed by atoms with Gasteiger partial charge in [-0.1, -0.05) is 24.3 Å². The molecule has 1 aliphatic rings. The van der Waals surface area contributed by atoms with Gasteiger partial charge < -0.3 is 11.1 Å². The Labute approximate surface area is 174 Å². The van der Waals surface area contributed by atoms with Gasteiger partial charge in [0.25, 0.3) is 5.91 Å². The lowest BCUT2D eigenvalue weighted by Gasteiger charge is -2.22. The number of hydrogen-bond acceptors (Lipinski definition) is 5. The SMILES string of the molecule is CN(C)S(=O)(=O)c1cccc(CN2C(=O)NC(C)(c3cccc(C(N)=O)c3)C2=O)c1. The minimum absolute atomic E-state index is 0.0639. The van der Waals surface area contributed by atoms with Crippen molar-refractivity contribution in [2.75, 3.05) is 14.1 Å². The number of carbonyl (C=O) groups is 3. The molecule has 1 aliphatic heterocycles. The molecular weight excluding hydrogens is 408 g/mol. The number of urea groups is 1. The predicted octanol–water partition coefficient (Wildman–Crippen LogP) is 1.00. The van der Waals surface area contributed by atoms with Crippen LogP contribution in [0.5, 0.6) is 0 Å². The molecule has 0 bridgehead atoms. The molecule has 9 nitrogen and oxygen atoms in total. The van der Waals surface area contributed by atoms with Crippen LogP contribution < -0.4 is 11.1 Å². The van der Waals surface area contributed by atoms with Crippen LogP contribution in [0.15, 0.2) is 53.4 Å². The summed E-state index contributed by atoms with van der Waals surface area (Å²) >= 11 is 0. The predicted molar refractivity (Wildman–Crippen MR) is 109 cm³/mol. The van der Waals surface area contributed by atoms with Gasteiger partial charge in [0.1, 0.15) is 5.54 Å². The van der Waals surface area contributed by atoms with Gasteiger partial charge in [-0.15, -0.1) is 0 Å². The number of imide groups is 1. The molecule has 0 spiro atoms. The topological polar surface area (TPSA) is 130 Å². The molecule has 158 valence electrons. The van der Waals surface area contributed by atoms with Crippen molar-refractivity contribution in [3.8, 4) is 0 Å². The van der Waals surface area contributed by atoms with Gasteiger partial charge in [-0.3, -0.25) is 14.5 Å². The lowest BCUT2D eigenvalue weighted by atomic mass is 9.90. The van der Waals surface area contributed by atoms with Crippen LogP contribution in [0.4, 0.5) is 4.79 Å². The maximum absolute atomic E-state index is 13.1. The third-order valence-corrected chi connectivity index (χ3v) is 6.83. The Kier molecular flexibility index (Phi) is 5.40. The number of rotatable bonds is 6. The minimum atomic E-state index is -3.65. The molecule has 0 aliphatic carbocycles. The fraction of sp³-hybridized carbons (Fsp3) is 0.250. The lowest BCUT2D eigenvalue weighted by molar-refractivity contribution is -0.131. The van der Waals surface area contributed by atoms with Crippen molar-refractivity contribution in [1.82, 2.24) is 14.5 Å². The molecule has 1 unspecified atom stereocenters. The number of primary amides is 1. The Morgan fingerprint density at radius 1 is 1.13 bits per heavy atom. The number of benzene rings is 2. The van der Waals surface area contributed by atoms with E-state index in [2.05, 4.69) is 5.32 Å². The fourth-order valence-corrected chi connectivity index (χ4v) is 4.19. The van der Waals surface area contributed by atoms with Crippen LogP contribution in [0.2, 0.25) is 0 Å². The Balaban J connectivity index is 1.91. The van der Waals surface area contributed by atoms with Crippen LogP contribution in [0.1, 0.15) is 28.4 Å². The van der Waals surface area contributed by atoms with E-state index in [0.717, 1.165) is 9.21 Å². The maximum atomic E-state index is 13.1. The van der Waals surface area contributed by atoms with Gasteiger partial charge in [-0.2, -0.15) is 0 Å². The highest BCUT2D eigenvalue weighted by Crippen LogP contribution is 2.30. The molecule has 1 saturated heterocycles. The highest BCUT2D eigenvalue weighted by atomic mass is 32.2. The Hall–Kier alpha value is -3.24. The second kappa shape index (κ2) is 7.54. The largest absolute Gasteiger partial charge is 0.366 e. The summed E-state index contributed by atoms with van der Waals surface area (Å²) in [5.74, 6) is -1.16. The van der Waals surface area contributed by atoms with Crippen LogP contribution in [0.3, 0.4) is 0 Å². The van der Waals surface area contributed by atoms with Gasteiger partial charge in [0.05, 0.1) is 11.4 Å². The molecule has 3 rings (SSSR count). The van der Waals surface area contributed by atoms with Crippen LogP contribution in [0, 0.1) is 0 Å². The van der Waals surface area contributed by atoms with Crippen LogP contribution in [-0.2, 0) is 26.9 Å². The van der Waals surface area contributed by atoms with E-state index in [4.69, 9.17) is 5.73 Å². The van der Waals surface area contributed by atoms with Crippen LogP contribution >= 0.6 is 0 Å². The van der Waals surface area contributed by atoms with E-state index in [1.165, 1.54) is 38.4 Å². The fourth-order valence-electron chi connectivity index (χ4n) is 3.22. The van der Waals surface area contributed by atoms with Gasteiger partial charge >= 0.3 is 6.03 Å². The van der Waals surface area contributed by atoms with Gasteiger partial charge in [0, 0.05) is 19.7 Å². The van der Waals surface area contributed by atoms with Crippen molar-refractivity contribution in [3.63, 3.8) is 0 Å². The van der Waals surface area contributed by atoms with Crippen molar-refractivity contribution in [3.05, 3.63) is 65.2 Å². The first kappa shape index (κ1) is 21.5. The molecule has 0 saturated carbocycles. The average Bonchev–Trinajstić information content (AvgIpc) is 2.92. The molecule has 3 N–H and O–H groups in total. The summed E-state index contributed by atoms with van der Waals surface area (Å²) in [7, 11) is -0.810. The monoisotopic (exact) mass is 430 g/mol. The molecule has 4 amide bonds. The van der Waals surface area contributed by atoms with E-state index < -0.39 is 33.4 Å². The Bertz CT molecular complexity index is 1150. The molecule has 0 aromatic heterocycles. The minimum Gasteiger partial charge on any atom is -0.366 e. The van der Waals surface area contributed by atoms with Crippen LogP contribution in [0.25, 0.3) is 0 Å². The van der Waals surface area contributed by atoms with E-state index >= 15 is 0 Å². The van der Waals surface area contributed by atoms with Gasteiger partial charge in [0.2, 0.25) is 15.9 Å². The van der Waals surface area contributed by atoms with Crippen molar-refractivity contribution in [2.24, 2.45) is 5.73 Å². The second-order valence-electron chi connectivity index (χ2n) is 7.33. The van der Waals surface area contributed by atoms with Crippen molar-refractivity contribution in [2.45, 2.75) is 23.9 Å². The van der Waals surface area contributed by atoms with E-state index in [1.807, 2.05) is 0 Å². The molecule has 2 aromatic rings. The summed E-state index contributed by atoms with van der Waals surface area (Å²) in [4.78, 5) is 38.2. The number of nitrogens with one attached hydrogen (secondary N) is 1. The molecule has 1 heterocycles. The van der Waals surface area contributed by atoms with Crippen molar-refractivity contribution in [1.29, 1.82) is 0 Å². The smallest absolute Gasteiger partial charge is 0.325 e. The number of sulfonamides is 1. The van der Waals surface area contributed by atoms with E-state index in [0.29, 0.717) is 11.1 Å². The second-order valence-corrected chi connectivity index (χ2v) is 9.48. The van der Waals surface area contributed by atoms with Gasteiger partial charge in [0.15, 0.2) is 0 Å². The maximum Gasteiger partial charge on any atom is 0.325 e. The molecule has 2 aromatic carbocycles. The quantitative estimate of drug-likeness (QED) is 0.661. The summed E-state index contributed by atoms with van der Waals surface area (Å²) in [6.45, 7) is 1.44.